The largest absolute Gasteiger partial charge is 0.309 e. The van der Waals surface area contributed by atoms with Crippen LogP contribution in [0.5, 0.6) is 0 Å². The number of fused-ring (bicyclic) bond motifs is 6. The normalized spacial score (nSPS) is 11.7. The Morgan fingerprint density at radius 2 is 0.526 bits per heavy atom. The average Bonchev–Trinajstić information content (AvgIpc) is 3.51. The van der Waals surface area contributed by atoms with Gasteiger partial charge in [-0.25, -0.2) is 0 Å². The first-order chi connectivity index (χ1) is 18.9. The summed E-state index contributed by atoms with van der Waals surface area (Å²) < 4.78 is 4.72. The summed E-state index contributed by atoms with van der Waals surface area (Å²) in [6, 6.07) is 52.4. The zero-order chi connectivity index (χ0) is 25.1. The van der Waals surface area contributed by atoms with Crippen LogP contribution in [0, 0.1) is 0 Å². The fourth-order valence-electron chi connectivity index (χ4n) is 6.01. The molecule has 38 heavy (non-hydrogen) atoms. The molecule has 0 amide bonds. The second-order valence-corrected chi connectivity index (χ2v) is 9.83. The highest BCUT2D eigenvalue weighted by atomic mass is 15.7. The fraction of sp³-hybridized carbons (Fsp3) is 0. The van der Waals surface area contributed by atoms with Crippen LogP contribution in [0.3, 0.4) is 0 Å². The van der Waals surface area contributed by atoms with Crippen molar-refractivity contribution in [3.05, 3.63) is 146 Å². The van der Waals surface area contributed by atoms with Gasteiger partial charge in [-0.1, -0.05) is 97.1 Å². The van der Waals surface area contributed by atoms with Gasteiger partial charge >= 0.3 is 0 Å². The van der Waals surface area contributed by atoms with E-state index in [0.717, 1.165) is 0 Å². The molecule has 0 aliphatic rings. The highest BCUT2D eigenvalue weighted by molar-refractivity contribution is 6.10. The minimum atomic E-state index is 1.17. The van der Waals surface area contributed by atoms with E-state index < -0.39 is 0 Å². The van der Waals surface area contributed by atoms with E-state index in [-0.39, 0.29) is 0 Å². The van der Waals surface area contributed by atoms with Crippen LogP contribution < -0.4 is 0 Å². The van der Waals surface area contributed by atoms with Crippen LogP contribution in [0.4, 0.5) is 0 Å². The van der Waals surface area contributed by atoms with Crippen LogP contribution in [0.25, 0.3) is 66.1 Å². The van der Waals surface area contributed by atoms with Crippen molar-refractivity contribution in [2.75, 3.05) is 0 Å². The zero-order valence-electron chi connectivity index (χ0n) is 20.8. The Bertz CT molecular complexity index is 1840. The summed E-state index contributed by atoms with van der Waals surface area (Å²) in [5.74, 6) is 0. The summed E-state index contributed by atoms with van der Waals surface area (Å²) in [5.41, 5.74) is 9.70. The summed E-state index contributed by atoms with van der Waals surface area (Å²) >= 11 is 0. The molecule has 2 heteroatoms. The number of nitrogens with zero attached hydrogens (tertiary/aromatic N) is 2. The Hall–Kier alpha value is -5.08. The van der Waals surface area contributed by atoms with Gasteiger partial charge in [0, 0.05) is 32.9 Å². The minimum Gasteiger partial charge on any atom is -0.309 e. The lowest BCUT2D eigenvalue weighted by molar-refractivity contribution is 1.18. The first-order valence-corrected chi connectivity index (χ1v) is 13.0. The Balaban J connectivity index is 1.20. The molecular weight excluding hydrogens is 462 g/mol. The van der Waals surface area contributed by atoms with Crippen LogP contribution in [0.1, 0.15) is 0 Å². The topological polar surface area (TPSA) is 9.86 Å². The smallest absolute Gasteiger partial charge is 0.0541 e. The predicted octanol–water partition coefficient (Wildman–Crippen LogP) is 9.55. The molecule has 2 nitrogen and oxygen atoms in total. The molecule has 0 saturated carbocycles. The number of rotatable bonds is 3. The molecule has 6 aromatic carbocycles. The van der Waals surface area contributed by atoms with E-state index in [1.54, 1.807) is 0 Å². The summed E-state index contributed by atoms with van der Waals surface area (Å²) in [6.07, 6.45) is 0. The van der Waals surface area contributed by atoms with E-state index in [4.69, 9.17) is 0 Å². The number of hydrogen-bond donors (Lipinski definition) is 0. The number of para-hydroxylation sites is 4. The van der Waals surface area contributed by atoms with E-state index in [0.29, 0.717) is 0 Å². The Kier molecular flexibility index (Phi) is 4.55. The van der Waals surface area contributed by atoms with E-state index in [1.807, 2.05) is 0 Å². The van der Waals surface area contributed by atoms with E-state index in [2.05, 4.69) is 155 Å². The minimum absolute atomic E-state index is 1.17. The third kappa shape index (κ3) is 3.07. The molecule has 0 N–H and O–H groups in total. The van der Waals surface area contributed by atoms with Gasteiger partial charge in [-0.15, -0.1) is 0 Å². The summed E-state index contributed by atoms with van der Waals surface area (Å²) in [7, 11) is 0. The van der Waals surface area contributed by atoms with Gasteiger partial charge in [-0.2, -0.15) is 0 Å². The highest BCUT2D eigenvalue weighted by Crippen LogP contribution is 2.34. The van der Waals surface area contributed by atoms with Gasteiger partial charge in [0.25, 0.3) is 0 Å². The lowest BCUT2D eigenvalue weighted by Gasteiger charge is -2.11. The molecule has 0 aliphatic carbocycles. The zero-order valence-corrected chi connectivity index (χ0v) is 20.8. The molecule has 0 aliphatic heterocycles. The Morgan fingerprint density at radius 1 is 0.263 bits per heavy atom. The maximum atomic E-state index is 2.36. The molecule has 0 saturated heterocycles. The first-order valence-electron chi connectivity index (χ1n) is 13.0. The van der Waals surface area contributed by atoms with Crippen LogP contribution in [0.2, 0.25) is 0 Å². The van der Waals surface area contributed by atoms with Crippen molar-refractivity contribution in [3.8, 4) is 22.5 Å². The average molecular weight is 487 g/mol. The second kappa shape index (κ2) is 8.22. The Morgan fingerprint density at radius 3 is 0.816 bits per heavy atom. The molecule has 0 atom stereocenters. The van der Waals surface area contributed by atoms with Crippen LogP contribution >= 0.6 is 0 Å². The molecule has 0 bridgehead atoms. The van der Waals surface area contributed by atoms with Gasteiger partial charge in [0.15, 0.2) is 0 Å². The SMILES string of the molecule is c1ccc2c(c1)c1ccccc1[15n]2-c1ccc(-c2ccc(-[15n]3c4ccccc4c4ccccc43)cc2)cc1. The van der Waals surface area contributed by atoms with Gasteiger partial charge in [-0.05, 0) is 59.7 Å². The molecule has 0 spiro atoms. The summed E-state index contributed by atoms with van der Waals surface area (Å²) in [5, 5.41) is 5.14. The first kappa shape index (κ1) is 21.0. The molecule has 8 rings (SSSR count). The van der Waals surface area contributed by atoms with E-state index >= 15 is 0 Å². The van der Waals surface area contributed by atoms with Gasteiger partial charge in [-0.3, -0.25) is 0 Å². The molecule has 0 radical (unpaired) electrons. The fourth-order valence-corrected chi connectivity index (χ4v) is 6.01. The van der Waals surface area contributed by atoms with Crippen molar-refractivity contribution in [2.24, 2.45) is 0 Å². The molecule has 178 valence electrons. The van der Waals surface area contributed by atoms with Gasteiger partial charge in [0.2, 0.25) is 0 Å². The third-order valence-electron chi connectivity index (χ3n) is 7.74. The van der Waals surface area contributed by atoms with Gasteiger partial charge in [0.05, 0.1) is 22.1 Å². The molecule has 8 aromatic rings. The monoisotopic (exact) mass is 486 g/mol. The van der Waals surface area contributed by atoms with Crippen molar-refractivity contribution in [2.45, 2.75) is 0 Å². The maximum Gasteiger partial charge on any atom is 0.0541 e. The van der Waals surface area contributed by atoms with Gasteiger partial charge in [0.1, 0.15) is 0 Å². The molecule has 0 unspecified atom stereocenters. The molecular formula is C36H24N2. The lowest BCUT2D eigenvalue weighted by atomic mass is 10.1. The molecule has 2 heterocycles. The number of hydrogen-bond acceptors (Lipinski definition) is 0. The lowest BCUT2D eigenvalue weighted by Crippen LogP contribution is -1.94. The predicted molar refractivity (Wildman–Crippen MR) is 161 cm³/mol. The standard InChI is InChI=1S/C36H24N2/c1-5-13-33-29(9-1)30-10-2-6-14-34(30)37(33)27-21-17-25(18-22-27)26-19-23-28(24-20-26)38-35-15-7-3-11-31(35)32-12-4-8-16-36(32)38/h1-24H/i37+1,38+1. The quantitative estimate of drug-likeness (QED) is 0.235. The number of benzene rings is 6. The van der Waals surface area contributed by atoms with E-state index in [1.165, 1.54) is 66.1 Å². The van der Waals surface area contributed by atoms with Crippen molar-refractivity contribution >= 4 is 43.6 Å². The molecule has 2 aromatic heterocycles. The summed E-state index contributed by atoms with van der Waals surface area (Å²) in [4.78, 5) is 0. The second-order valence-electron chi connectivity index (χ2n) is 9.83. The van der Waals surface area contributed by atoms with Crippen molar-refractivity contribution in [3.63, 3.8) is 0 Å². The van der Waals surface area contributed by atoms with Crippen molar-refractivity contribution in [1.82, 2.24) is 9.13 Å². The maximum absolute atomic E-state index is 2.36. The number of aromatic nitrogens is 2. The highest BCUT2D eigenvalue weighted by Gasteiger charge is 2.13. The van der Waals surface area contributed by atoms with E-state index in [9.17, 15) is 0 Å². The van der Waals surface area contributed by atoms with Crippen molar-refractivity contribution in [1.29, 1.82) is 0 Å². The van der Waals surface area contributed by atoms with Crippen LogP contribution in [-0.4, -0.2) is 9.13 Å². The Labute approximate surface area is 220 Å². The summed E-state index contributed by atoms with van der Waals surface area (Å²) in [6.45, 7) is 0. The van der Waals surface area contributed by atoms with Crippen LogP contribution in [0.15, 0.2) is 146 Å². The van der Waals surface area contributed by atoms with Gasteiger partial charge < -0.3 is 9.13 Å². The van der Waals surface area contributed by atoms with Crippen molar-refractivity contribution < 1.29 is 0 Å². The third-order valence-corrected chi connectivity index (χ3v) is 7.74. The molecule has 0 fully saturated rings. The van der Waals surface area contributed by atoms with Crippen LogP contribution in [-0.2, 0) is 0 Å².